The van der Waals surface area contributed by atoms with E-state index in [1.54, 1.807) is 11.9 Å². The average Bonchev–Trinajstić information content (AvgIpc) is 3.30. The quantitative estimate of drug-likeness (QED) is 0.490. The smallest absolute Gasteiger partial charge is 0.266 e. The Labute approximate surface area is 178 Å². The predicted molar refractivity (Wildman–Crippen MR) is 123 cm³/mol. The Bertz CT molecular complexity index is 1120. The summed E-state index contributed by atoms with van der Waals surface area (Å²) < 4.78 is 0. The maximum absolute atomic E-state index is 12.6. The molecule has 0 saturated carbocycles. The third-order valence-electron chi connectivity index (χ3n) is 4.31. The molecular weight excluding hydrogens is 398 g/mol. The summed E-state index contributed by atoms with van der Waals surface area (Å²) in [6.45, 7) is 2.00. The highest BCUT2D eigenvalue weighted by molar-refractivity contribution is 8.18. The second kappa shape index (κ2) is 8.59. The van der Waals surface area contributed by atoms with E-state index in [1.807, 2.05) is 79.0 Å². The molecule has 0 N–H and O–H groups in total. The van der Waals surface area contributed by atoms with Crippen LogP contribution in [-0.2, 0) is 4.79 Å². The van der Waals surface area contributed by atoms with Gasteiger partial charge in [0.2, 0.25) is 5.13 Å². The molecule has 0 aliphatic carbocycles. The Morgan fingerprint density at radius 2 is 1.76 bits per heavy atom. The van der Waals surface area contributed by atoms with E-state index in [4.69, 9.17) is 0 Å². The Morgan fingerprint density at radius 1 is 1.07 bits per heavy atom. The zero-order valence-corrected chi connectivity index (χ0v) is 17.7. The number of nitrogens with zero attached hydrogens (tertiary/aromatic N) is 3. The number of thioether (sulfide) groups is 1. The van der Waals surface area contributed by atoms with Crippen molar-refractivity contribution in [1.82, 2.24) is 9.88 Å². The first-order valence-electron chi connectivity index (χ1n) is 9.11. The summed E-state index contributed by atoms with van der Waals surface area (Å²) in [6.07, 6.45) is 3.97. The third kappa shape index (κ3) is 4.55. The van der Waals surface area contributed by atoms with Gasteiger partial charge in [-0.15, -0.1) is 11.3 Å². The Morgan fingerprint density at radius 3 is 2.48 bits per heavy atom. The number of hydrogen-bond donors (Lipinski definition) is 0. The van der Waals surface area contributed by atoms with Crippen LogP contribution < -0.4 is 0 Å². The summed E-state index contributed by atoms with van der Waals surface area (Å²) in [5.41, 5.74) is 4.07. The van der Waals surface area contributed by atoms with Crippen molar-refractivity contribution >= 4 is 45.4 Å². The molecule has 1 aromatic heterocycles. The number of likely N-dealkylation sites (N-methyl/N-ethyl adjacent to an activating group) is 1. The highest BCUT2D eigenvalue weighted by Crippen LogP contribution is 2.34. The number of carbonyl (C=O) groups excluding carboxylic acids is 1. The van der Waals surface area contributed by atoms with Crippen LogP contribution in [0.15, 0.2) is 87.6 Å². The van der Waals surface area contributed by atoms with Crippen LogP contribution in [-0.4, -0.2) is 28.0 Å². The molecule has 1 amide bonds. The topological polar surface area (TPSA) is 45.6 Å². The van der Waals surface area contributed by atoms with E-state index in [2.05, 4.69) is 16.1 Å². The first-order chi connectivity index (χ1) is 14.1. The van der Waals surface area contributed by atoms with Crippen LogP contribution in [0.1, 0.15) is 12.5 Å². The lowest BCUT2D eigenvalue weighted by atomic mass is 10.1. The van der Waals surface area contributed by atoms with E-state index in [0.29, 0.717) is 15.2 Å². The minimum atomic E-state index is -0.0469. The lowest BCUT2D eigenvalue weighted by Gasteiger charge is -2.05. The number of aliphatic imine (C=N–C) groups is 1. The number of rotatable bonds is 4. The molecule has 1 saturated heterocycles. The molecule has 2 aromatic carbocycles. The minimum absolute atomic E-state index is 0.0469. The number of hydrogen-bond acceptors (Lipinski definition) is 5. The van der Waals surface area contributed by atoms with Crippen molar-refractivity contribution in [3.63, 3.8) is 0 Å². The van der Waals surface area contributed by atoms with Crippen molar-refractivity contribution in [3.05, 3.63) is 88.2 Å². The monoisotopic (exact) mass is 417 g/mol. The van der Waals surface area contributed by atoms with Gasteiger partial charge in [-0.1, -0.05) is 66.7 Å². The fraction of sp³-hybridized carbons (Fsp3) is 0.0870. The molecule has 3 aromatic rings. The summed E-state index contributed by atoms with van der Waals surface area (Å²) in [6, 6.07) is 20.1. The second-order valence-electron chi connectivity index (χ2n) is 6.55. The summed E-state index contributed by atoms with van der Waals surface area (Å²) in [5, 5.41) is 3.27. The highest BCUT2D eigenvalue weighted by atomic mass is 32.2. The van der Waals surface area contributed by atoms with Gasteiger partial charge in [-0.2, -0.15) is 4.99 Å². The Hall–Kier alpha value is -2.96. The van der Waals surface area contributed by atoms with Crippen LogP contribution in [0.25, 0.3) is 17.3 Å². The van der Waals surface area contributed by atoms with E-state index >= 15 is 0 Å². The van der Waals surface area contributed by atoms with Gasteiger partial charge in [0.15, 0.2) is 5.17 Å². The molecule has 0 atom stereocenters. The van der Waals surface area contributed by atoms with Crippen molar-refractivity contribution in [1.29, 1.82) is 0 Å². The number of aromatic nitrogens is 1. The fourth-order valence-electron chi connectivity index (χ4n) is 2.85. The summed E-state index contributed by atoms with van der Waals surface area (Å²) in [5.74, 6) is -0.0469. The molecule has 144 valence electrons. The molecule has 4 rings (SSSR count). The van der Waals surface area contributed by atoms with Crippen molar-refractivity contribution in [3.8, 4) is 11.3 Å². The largest absolute Gasteiger partial charge is 0.289 e. The van der Waals surface area contributed by atoms with Gasteiger partial charge in [-0.3, -0.25) is 9.69 Å². The van der Waals surface area contributed by atoms with Gasteiger partial charge in [0.05, 0.1) is 10.6 Å². The van der Waals surface area contributed by atoms with E-state index < -0.39 is 0 Å². The van der Waals surface area contributed by atoms with Crippen LogP contribution in [0.2, 0.25) is 0 Å². The first-order valence-corrected chi connectivity index (χ1v) is 10.8. The molecule has 1 aliphatic rings. The summed E-state index contributed by atoms with van der Waals surface area (Å²) in [4.78, 5) is 24.1. The Balaban J connectivity index is 1.55. The number of allylic oxidation sites excluding steroid dienone is 2. The van der Waals surface area contributed by atoms with Gasteiger partial charge in [-0.25, -0.2) is 4.98 Å². The molecule has 29 heavy (non-hydrogen) atoms. The van der Waals surface area contributed by atoms with Gasteiger partial charge >= 0.3 is 0 Å². The lowest BCUT2D eigenvalue weighted by molar-refractivity contribution is -0.121. The molecule has 0 radical (unpaired) electrons. The number of carbonyl (C=O) groups is 1. The normalized spacial score (nSPS) is 17.5. The maximum atomic E-state index is 12.6. The number of amides is 1. The molecule has 4 nitrogen and oxygen atoms in total. The zero-order valence-electron chi connectivity index (χ0n) is 16.1. The predicted octanol–water partition coefficient (Wildman–Crippen LogP) is 5.99. The molecule has 2 heterocycles. The summed E-state index contributed by atoms with van der Waals surface area (Å²) in [7, 11) is 1.75. The molecule has 1 aliphatic heterocycles. The van der Waals surface area contributed by atoms with Crippen LogP contribution in [0.3, 0.4) is 0 Å². The SMILES string of the molecule is CC(/C=C1\S/C(=N/c2nc(-c3ccccc3)cs2)N(C)C1=O)=C\c1ccccc1. The van der Waals surface area contributed by atoms with Crippen molar-refractivity contribution < 1.29 is 4.79 Å². The van der Waals surface area contributed by atoms with E-state index in [9.17, 15) is 4.79 Å². The number of amidine groups is 1. The first kappa shape index (κ1) is 19.4. The minimum Gasteiger partial charge on any atom is -0.289 e. The summed E-state index contributed by atoms with van der Waals surface area (Å²) >= 11 is 2.85. The third-order valence-corrected chi connectivity index (χ3v) is 6.10. The van der Waals surface area contributed by atoms with Crippen LogP contribution >= 0.6 is 23.1 Å². The fourth-order valence-corrected chi connectivity index (χ4v) is 4.62. The van der Waals surface area contributed by atoms with Crippen molar-refractivity contribution in [2.75, 3.05) is 7.05 Å². The van der Waals surface area contributed by atoms with Crippen LogP contribution in [0, 0.1) is 0 Å². The van der Waals surface area contributed by atoms with Gasteiger partial charge in [0, 0.05) is 18.0 Å². The number of benzene rings is 2. The zero-order chi connectivity index (χ0) is 20.2. The maximum Gasteiger partial charge on any atom is 0.266 e. The van der Waals surface area contributed by atoms with Crippen LogP contribution in [0.5, 0.6) is 0 Å². The second-order valence-corrected chi connectivity index (χ2v) is 8.40. The van der Waals surface area contributed by atoms with E-state index in [1.165, 1.54) is 23.1 Å². The molecule has 6 heteroatoms. The highest BCUT2D eigenvalue weighted by Gasteiger charge is 2.30. The lowest BCUT2D eigenvalue weighted by Crippen LogP contribution is -2.23. The van der Waals surface area contributed by atoms with Gasteiger partial charge in [0.25, 0.3) is 5.91 Å². The van der Waals surface area contributed by atoms with Crippen molar-refractivity contribution in [2.24, 2.45) is 4.99 Å². The molecule has 0 bridgehead atoms. The van der Waals surface area contributed by atoms with Gasteiger partial charge in [0.1, 0.15) is 0 Å². The van der Waals surface area contributed by atoms with Crippen LogP contribution in [0.4, 0.5) is 5.13 Å². The standard InChI is InChI=1S/C23H19N3OS2/c1-16(13-17-9-5-3-6-10-17)14-20-21(27)26(2)23(29-20)25-22-24-19(15-28-22)18-11-7-4-8-12-18/h3-15H,1-2H3/b16-13+,20-14-,25-23+. The van der Waals surface area contributed by atoms with Gasteiger partial charge < -0.3 is 0 Å². The average molecular weight is 418 g/mol. The molecule has 1 fully saturated rings. The molecule has 0 unspecified atom stereocenters. The molecular formula is C23H19N3OS2. The van der Waals surface area contributed by atoms with Gasteiger partial charge in [-0.05, 0) is 35.9 Å². The molecule has 0 spiro atoms. The Kier molecular flexibility index (Phi) is 5.74. The van der Waals surface area contributed by atoms with E-state index in [0.717, 1.165) is 22.4 Å². The van der Waals surface area contributed by atoms with Crippen molar-refractivity contribution in [2.45, 2.75) is 6.92 Å². The van der Waals surface area contributed by atoms with E-state index in [-0.39, 0.29) is 5.91 Å². The number of thiazole rings is 1.